The second kappa shape index (κ2) is 9.47. The third-order valence-corrected chi connectivity index (χ3v) is 5.34. The number of amides is 2. The predicted octanol–water partition coefficient (Wildman–Crippen LogP) is 3.24. The number of rotatable bonds is 8. The van der Waals surface area contributed by atoms with E-state index < -0.39 is 5.91 Å². The van der Waals surface area contributed by atoms with E-state index in [2.05, 4.69) is 15.5 Å². The molecule has 9 heteroatoms. The molecule has 0 atom stereocenters. The summed E-state index contributed by atoms with van der Waals surface area (Å²) in [5.41, 5.74) is 9.48. The topological polar surface area (TPSA) is 119 Å². The van der Waals surface area contributed by atoms with Crippen molar-refractivity contribution in [3.8, 4) is 28.2 Å². The van der Waals surface area contributed by atoms with Crippen LogP contribution in [-0.4, -0.2) is 38.6 Å². The number of hydrogen-bond donors (Lipinski definition) is 3. The van der Waals surface area contributed by atoms with Crippen molar-refractivity contribution in [3.05, 3.63) is 78.1 Å². The first-order valence-electron chi connectivity index (χ1n) is 10.4. The van der Waals surface area contributed by atoms with Crippen LogP contribution in [0.5, 0.6) is 0 Å². The molecule has 0 unspecified atom stereocenters. The smallest absolute Gasteiger partial charge is 0.249 e. The van der Waals surface area contributed by atoms with Crippen LogP contribution in [0.4, 0.5) is 4.39 Å². The molecular formula is C24H23FN6O2. The van der Waals surface area contributed by atoms with Gasteiger partial charge in [-0.2, -0.15) is 5.10 Å². The summed E-state index contributed by atoms with van der Waals surface area (Å²) in [6, 6.07) is 11.3. The van der Waals surface area contributed by atoms with E-state index in [0.717, 1.165) is 16.8 Å². The summed E-state index contributed by atoms with van der Waals surface area (Å²) >= 11 is 0. The highest BCUT2D eigenvalue weighted by Crippen LogP contribution is 2.35. The Morgan fingerprint density at radius 3 is 2.64 bits per heavy atom. The maximum atomic E-state index is 13.6. The Kier molecular flexibility index (Phi) is 6.30. The Labute approximate surface area is 189 Å². The third-order valence-electron chi connectivity index (χ3n) is 5.34. The van der Waals surface area contributed by atoms with Gasteiger partial charge in [0.05, 0.1) is 17.5 Å². The number of imidazole rings is 1. The molecule has 4 aromatic rings. The van der Waals surface area contributed by atoms with Crippen molar-refractivity contribution in [1.29, 1.82) is 0 Å². The lowest BCUT2D eigenvalue weighted by Gasteiger charge is -2.14. The zero-order chi connectivity index (χ0) is 23.4. The van der Waals surface area contributed by atoms with Crippen LogP contribution >= 0.6 is 0 Å². The van der Waals surface area contributed by atoms with Crippen LogP contribution in [0.2, 0.25) is 0 Å². The number of halogens is 1. The number of benzene rings is 2. The van der Waals surface area contributed by atoms with Crippen LogP contribution in [0, 0.1) is 5.82 Å². The molecule has 4 N–H and O–H groups in total. The van der Waals surface area contributed by atoms with Gasteiger partial charge in [0.15, 0.2) is 0 Å². The Balaban J connectivity index is 1.88. The summed E-state index contributed by atoms with van der Waals surface area (Å²) in [5, 5.41) is 9.41. The van der Waals surface area contributed by atoms with E-state index in [1.807, 2.05) is 12.3 Å². The molecule has 4 rings (SSSR count). The van der Waals surface area contributed by atoms with Gasteiger partial charge >= 0.3 is 0 Å². The molecule has 0 aliphatic carbocycles. The highest BCUT2D eigenvalue weighted by molar-refractivity contribution is 6.03. The minimum Gasteiger partial charge on any atom is -0.366 e. The fourth-order valence-corrected chi connectivity index (χ4v) is 3.72. The Bertz CT molecular complexity index is 1280. The summed E-state index contributed by atoms with van der Waals surface area (Å²) < 4.78 is 15.4. The van der Waals surface area contributed by atoms with Gasteiger partial charge in [-0.05, 0) is 48.7 Å². The Morgan fingerprint density at radius 2 is 1.97 bits per heavy atom. The van der Waals surface area contributed by atoms with Gasteiger partial charge in [-0.25, -0.2) is 9.37 Å². The monoisotopic (exact) mass is 446 g/mol. The van der Waals surface area contributed by atoms with Crippen LogP contribution in [-0.2, 0) is 11.2 Å². The first-order chi connectivity index (χ1) is 16.0. The van der Waals surface area contributed by atoms with E-state index >= 15 is 0 Å². The van der Waals surface area contributed by atoms with Crippen LogP contribution in [0.3, 0.4) is 0 Å². The fraction of sp³-hybridized carbons (Fsp3) is 0.167. The number of carbonyl (C=O) groups is 2. The highest BCUT2D eigenvalue weighted by Gasteiger charge is 2.22. The summed E-state index contributed by atoms with van der Waals surface area (Å²) in [4.78, 5) is 28.8. The zero-order valence-corrected chi connectivity index (χ0v) is 18.0. The molecule has 0 saturated heterocycles. The molecule has 8 nitrogen and oxygen atoms in total. The standard InChI is InChI=1S/C24H23FN6O2/c1-27-21(32)7-2-4-17-14-31(18-10-8-16(25)9-11-18)24(30-17)22-19(15-12-28-29-13-15)5-3-6-20(22)23(26)33/h3,5-6,8-14H,2,4,7H2,1H3,(H2,26,33)(H,27,32)(H,28,29). The van der Waals surface area contributed by atoms with E-state index in [-0.39, 0.29) is 11.7 Å². The van der Waals surface area contributed by atoms with E-state index in [1.54, 1.807) is 48.3 Å². The van der Waals surface area contributed by atoms with Crippen LogP contribution in [0.1, 0.15) is 28.9 Å². The van der Waals surface area contributed by atoms with Gasteiger partial charge in [0, 0.05) is 42.7 Å². The highest BCUT2D eigenvalue weighted by atomic mass is 19.1. The van der Waals surface area contributed by atoms with Gasteiger partial charge in [-0.1, -0.05) is 12.1 Å². The average Bonchev–Trinajstić information content (AvgIpc) is 3.49. The zero-order valence-electron chi connectivity index (χ0n) is 18.0. The average molecular weight is 446 g/mol. The lowest BCUT2D eigenvalue weighted by atomic mass is 9.96. The van der Waals surface area contributed by atoms with E-state index in [1.165, 1.54) is 12.1 Å². The minimum absolute atomic E-state index is 0.0468. The van der Waals surface area contributed by atoms with Gasteiger partial charge in [0.1, 0.15) is 11.6 Å². The SMILES string of the molecule is CNC(=O)CCCc1cn(-c2ccc(F)cc2)c(-c2c(C(N)=O)cccc2-c2cn[nH]c2)n1. The summed E-state index contributed by atoms with van der Waals surface area (Å²) in [6.45, 7) is 0. The number of H-pyrrole nitrogens is 1. The van der Waals surface area contributed by atoms with Crippen LogP contribution in [0.15, 0.2) is 61.1 Å². The lowest BCUT2D eigenvalue weighted by Crippen LogP contribution is -2.17. The third kappa shape index (κ3) is 4.67. The largest absolute Gasteiger partial charge is 0.366 e. The quantitative estimate of drug-likeness (QED) is 0.385. The van der Waals surface area contributed by atoms with Crippen molar-refractivity contribution >= 4 is 11.8 Å². The maximum Gasteiger partial charge on any atom is 0.249 e. The van der Waals surface area contributed by atoms with Crippen molar-refractivity contribution < 1.29 is 14.0 Å². The molecule has 168 valence electrons. The molecule has 2 aromatic carbocycles. The van der Waals surface area contributed by atoms with Crippen molar-refractivity contribution in [2.24, 2.45) is 5.73 Å². The molecule has 33 heavy (non-hydrogen) atoms. The lowest BCUT2D eigenvalue weighted by molar-refractivity contribution is -0.120. The number of hydrogen-bond acceptors (Lipinski definition) is 4. The summed E-state index contributed by atoms with van der Waals surface area (Å²) in [7, 11) is 1.60. The molecule has 2 heterocycles. The van der Waals surface area contributed by atoms with Crippen molar-refractivity contribution in [3.63, 3.8) is 0 Å². The number of aromatic amines is 1. The number of aryl methyl sites for hydroxylation is 1. The molecule has 0 aliphatic rings. The Morgan fingerprint density at radius 1 is 1.18 bits per heavy atom. The predicted molar refractivity (Wildman–Crippen MR) is 122 cm³/mol. The molecule has 2 amide bonds. The molecule has 0 bridgehead atoms. The van der Waals surface area contributed by atoms with Crippen LogP contribution in [0.25, 0.3) is 28.2 Å². The molecule has 0 radical (unpaired) electrons. The van der Waals surface area contributed by atoms with E-state index in [4.69, 9.17) is 10.7 Å². The molecule has 0 saturated carbocycles. The molecule has 0 fully saturated rings. The van der Waals surface area contributed by atoms with Gasteiger partial charge in [-0.15, -0.1) is 0 Å². The number of carbonyl (C=O) groups excluding carboxylic acids is 2. The maximum absolute atomic E-state index is 13.6. The van der Waals surface area contributed by atoms with E-state index in [0.29, 0.717) is 41.9 Å². The second-order valence-electron chi connectivity index (χ2n) is 7.51. The molecule has 0 aliphatic heterocycles. The van der Waals surface area contributed by atoms with Crippen molar-refractivity contribution in [2.75, 3.05) is 7.05 Å². The number of primary amides is 1. The van der Waals surface area contributed by atoms with Gasteiger partial charge in [0.2, 0.25) is 11.8 Å². The summed E-state index contributed by atoms with van der Waals surface area (Å²) in [6.07, 6.45) is 6.73. The van der Waals surface area contributed by atoms with Crippen molar-refractivity contribution in [2.45, 2.75) is 19.3 Å². The van der Waals surface area contributed by atoms with Crippen molar-refractivity contribution in [1.82, 2.24) is 25.1 Å². The normalized spacial score (nSPS) is 10.8. The van der Waals surface area contributed by atoms with Crippen LogP contribution < -0.4 is 11.1 Å². The first kappa shape index (κ1) is 21.9. The Hall–Kier alpha value is -4.27. The number of nitrogens with zero attached hydrogens (tertiary/aromatic N) is 3. The summed E-state index contributed by atoms with van der Waals surface area (Å²) in [5.74, 6) is -0.510. The second-order valence-corrected chi connectivity index (χ2v) is 7.51. The molecule has 2 aromatic heterocycles. The number of nitrogens with two attached hydrogens (primary N) is 1. The molecular weight excluding hydrogens is 423 g/mol. The fourth-order valence-electron chi connectivity index (χ4n) is 3.72. The minimum atomic E-state index is -0.592. The number of aromatic nitrogens is 4. The molecule has 0 spiro atoms. The first-order valence-corrected chi connectivity index (χ1v) is 10.4. The van der Waals surface area contributed by atoms with E-state index in [9.17, 15) is 14.0 Å². The van der Waals surface area contributed by atoms with Gasteiger partial charge in [0.25, 0.3) is 0 Å². The van der Waals surface area contributed by atoms with Gasteiger partial charge in [-0.3, -0.25) is 19.3 Å². The van der Waals surface area contributed by atoms with Gasteiger partial charge < -0.3 is 11.1 Å². The number of nitrogens with one attached hydrogen (secondary N) is 2.